The smallest absolute Gasteiger partial charge is 0.0624 e. The highest BCUT2D eigenvalue weighted by molar-refractivity contribution is 5.00. The van der Waals surface area contributed by atoms with Crippen LogP contribution in [0.2, 0.25) is 0 Å². The summed E-state index contributed by atoms with van der Waals surface area (Å²) in [6.45, 7) is 10.1. The summed E-state index contributed by atoms with van der Waals surface area (Å²) in [5.41, 5.74) is 1.24. The monoisotopic (exact) mass is 265 g/mol. The first-order chi connectivity index (χ1) is 9.21. The lowest BCUT2D eigenvalue weighted by Crippen LogP contribution is -2.26. The van der Waals surface area contributed by atoms with Crippen molar-refractivity contribution in [1.29, 1.82) is 0 Å². The van der Waals surface area contributed by atoms with Crippen LogP contribution in [0.4, 0.5) is 0 Å². The SMILES string of the molecule is CCCNC(C)CCCc1ccn(C(CC)CC)n1. The second-order valence-corrected chi connectivity index (χ2v) is 5.50. The van der Waals surface area contributed by atoms with E-state index in [1.54, 1.807) is 0 Å². The van der Waals surface area contributed by atoms with E-state index in [9.17, 15) is 0 Å². The molecule has 0 saturated heterocycles. The lowest BCUT2D eigenvalue weighted by molar-refractivity contribution is 0.424. The van der Waals surface area contributed by atoms with E-state index < -0.39 is 0 Å². The maximum Gasteiger partial charge on any atom is 0.0624 e. The van der Waals surface area contributed by atoms with Gasteiger partial charge in [-0.05, 0) is 58.1 Å². The zero-order valence-corrected chi connectivity index (χ0v) is 13.2. The molecule has 1 atom stereocenters. The van der Waals surface area contributed by atoms with Crippen molar-refractivity contribution in [2.45, 2.75) is 78.3 Å². The van der Waals surface area contributed by atoms with Crippen LogP contribution in [-0.4, -0.2) is 22.4 Å². The fraction of sp³-hybridized carbons (Fsp3) is 0.812. The highest BCUT2D eigenvalue weighted by Crippen LogP contribution is 2.15. The lowest BCUT2D eigenvalue weighted by atomic mass is 10.1. The molecule has 1 heterocycles. The molecule has 1 aromatic heterocycles. The molecule has 0 bridgehead atoms. The first-order valence-corrected chi connectivity index (χ1v) is 7.98. The molecule has 1 aromatic rings. The van der Waals surface area contributed by atoms with Crippen molar-refractivity contribution >= 4 is 0 Å². The average Bonchev–Trinajstić information content (AvgIpc) is 2.86. The van der Waals surface area contributed by atoms with Gasteiger partial charge in [0.15, 0.2) is 0 Å². The summed E-state index contributed by atoms with van der Waals surface area (Å²) in [4.78, 5) is 0. The van der Waals surface area contributed by atoms with Gasteiger partial charge >= 0.3 is 0 Å². The highest BCUT2D eigenvalue weighted by Gasteiger charge is 2.08. The number of aromatic nitrogens is 2. The van der Waals surface area contributed by atoms with Crippen molar-refractivity contribution in [3.05, 3.63) is 18.0 Å². The predicted molar refractivity (Wildman–Crippen MR) is 82.5 cm³/mol. The van der Waals surface area contributed by atoms with Gasteiger partial charge in [0.1, 0.15) is 0 Å². The van der Waals surface area contributed by atoms with E-state index in [0.29, 0.717) is 12.1 Å². The Morgan fingerprint density at radius 2 is 2.00 bits per heavy atom. The lowest BCUT2D eigenvalue weighted by Gasteiger charge is -2.13. The van der Waals surface area contributed by atoms with Gasteiger partial charge in [-0.25, -0.2) is 0 Å². The van der Waals surface area contributed by atoms with Gasteiger partial charge in [0.2, 0.25) is 0 Å². The van der Waals surface area contributed by atoms with Crippen LogP contribution in [0.5, 0.6) is 0 Å². The Hall–Kier alpha value is -0.830. The Morgan fingerprint density at radius 1 is 1.26 bits per heavy atom. The van der Waals surface area contributed by atoms with Crippen molar-refractivity contribution in [3.63, 3.8) is 0 Å². The van der Waals surface area contributed by atoms with Crippen LogP contribution in [0, 0.1) is 0 Å². The third kappa shape index (κ3) is 5.77. The Bertz CT molecular complexity index is 328. The number of nitrogens with one attached hydrogen (secondary N) is 1. The zero-order chi connectivity index (χ0) is 14.1. The molecule has 0 aliphatic heterocycles. The summed E-state index contributed by atoms with van der Waals surface area (Å²) in [6, 6.07) is 3.38. The molecule has 3 nitrogen and oxygen atoms in total. The fourth-order valence-corrected chi connectivity index (χ4v) is 2.46. The van der Waals surface area contributed by atoms with Crippen molar-refractivity contribution in [1.82, 2.24) is 15.1 Å². The van der Waals surface area contributed by atoms with E-state index >= 15 is 0 Å². The molecule has 0 aromatic carbocycles. The van der Waals surface area contributed by atoms with Crippen LogP contribution >= 0.6 is 0 Å². The number of hydrogen-bond acceptors (Lipinski definition) is 2. The molecule has 0 fully saturated rings. The van der Waals surface area contributed by atoms with E-state index in [4.69, 9.17) is 5.10 Å². The minimum atomic E-state index is 0.568. The first kappa shape index (κ1) is 16.2. The highest BCUT2D eigenvalue weighted by atomic mass is 15.3. The third-order valence-electron chi connectivity index (χ3n) is 3.79. The number of rotatable bonds is 10. The fourth-order valence-electron chi connectivity index (χ4n) is 2.46. The molecule has 110 valence electrons. The van der Waals surface area contributed by atoms with Crippen LogP contribution in [0.15, 0.2) is 12.3 Å². The van der Waals surface area contributed by atoms with Gasteiger partial charge in [-0.2, -0.15) is 5.10 Å². The quantitative estimate of drug-likeness (QED) is 0.694. The Labute approximate surface area is 118 Å². The van der Waals surface area contributed by atoms with Gasteiger partial charge < -0.3 is 5.32 Å². The van der Waals surface area contributed by atoms with Crippen molar-refractivity contribution in [3.8, 4) is 0 Å². The largest absolute Gasteiger partial charge is 0.314 e. The molecule has 1 unspecified atom stereocenters. The molecule has 0 saturated carbocycles. The van der Waals surface area contributed by atoms with Crippen LogP contribution < -0.4 is 5.32 Å². The molecule has 0 aliphatic carbocycles. The maximum absolute atomic E-state index is 4.71. The second kappa shape index (κ2) is 9.13. The molecule has 1 rings (SSSR count). The molecule has 0 amide bonds. The third-order valence-corrected chi connectivity index (χ3v) is 3.79. The Morgan fingerprint density at radius 3 is 2.63 bits per heavy atom. The minimum Gasteiger partial charge on any atom is -0.314 e. The van der Waals surface area contributed by atoms with Gasteiger partial charge in [0.25, 0.3) is 0 Å². The van der Waals surface area contributed by atoms with Crippen LogP contribution in [0.1, 0.15) is 71.5 Å². The zero-order valence-electron chi connectivity index (χ0n) is 13.2. The molecule has 0 aliphatic rings. The molecular formula is C16H31N3. The van der Waals surface area contributed by atoms with Crippen LogP contribution in [0.3, 0.4) is 0 Å². The Kier molecular flexibility index (Phi) is 7.80. The molecule has 3 heteroatoms. The summed E-state index contributed by atoms with van der Waals surface area (Å²) in [6.07, 6.45) is 9.24. The van der Waals surface area contributed by atoms with Crippen LogP contribution in [0.25, 0.3) is 0 Å². The maximum atomic E-state index is 4.71. The number of nitrogens with zero attached hydrogens (tertiary/aromatic N) is 2. The summed E-state index contributed by atoms with van der Waals surface area (Å²) in [5.74, 6) is 0. The summed E-state index contributed by atoms with van der Waals surface area (Å²) >= 11 is 0. The molecule has 0 radical (unpaired) electrons. The number of aryl methyl sites for hydroxylation is 1. The van der Waals surface area contributed by atoms with Gasteiger partial charge in [-0.1, -0.05) is 20.8 Å². The topological polar surface area (TPSA) is 29.9 Å². The normalized spacial score (nSPS) is 13.1. The van der Waals surface area contributed by atoms with E-state index in [-0.39, 0.29) is 0 Å². The molecular weight excluding hydrogens is 234 g/mol. The van der Waals surface area contributed by atoms with E-state index in [2.05, 4.69) is 50.0 Å². The van der Waals surface area contributed by atoms with Crippen molar-refractivity contribution in [2.75, 3.05) is 6.54 Å². The summed E-state index contributed by atoms with van der Waals surface area (Å²) in [5, 5.41) is 8.24. The van der Waals surface area contributed by atoms with Gasteiger partial charge in [-0.15, -0.1) is 0 Å². The first-order valence-electron chi connectivity index (χ1n) is 7.98. The average molecular weight is 265 g/mol. The van der Waals surface area contributed by atoms with Crippen molar-refractivity contribution < 1.29 is 0 Å². The second-order valence-electron chi connectivity index (χ2n) is 5.50. The molecule has 19 heavy (non-hydrogen) atoms. The predicted octanol–water partition coefficient (Wildman–Crippen LogP) is 3.96. The van der Waals surface area contributed by atoms with E-state index in [0.717, 1.165) is 25.8 Å². The van der Waals surface area contributed by atoms with Crippen molar-refractivity contribution in [2.24, 2.45) is 0 Å². The Balaban J connectivity index is 2.30. The van der Waals surface area contributed by atoms with E-state index in [1.807, 2.05) is 0 Å². The van der Waals surface area contributed by atoms with E-state index in [1.165, 1.54) is 25.0 Å². The van der Waals surface area contributed by atoms with Crippen LogP contribution in [-0.2, 0) is 6.42 Å². The standard InChI is InChI=1S/C16H31N3/c1-5-12-17-14(4)9-8-10-15-11-13-19(18-15)16(6-2)7-3/h11,13-14,16-17H,5-10,12H2,1-4H3. The summed E-state index contributed by atoms with van der Waals surface area (Å²) in [7, 11) is 0. The van der Waals surface area contributed by atoms with Gasteiger partial charge in [0.05, 0.1) is 11.7 Å². The minimum absolute atomic E-state index is 0.568. The molecule has 0 spiro atoms. The molecule has 1 N–H and O–H groups in total. The van der Waals surface area contributed by atoms with Gasteiger partial charge in [0, 0.05) is 12.2 Å². The number of hydrogen-bond donors (Lipinski definition) is 1. The summed E-state index contributed by atoms with van der Waals surface area (Å²) < 4.78 is 2.15. The van der Waals surface area contributed by atoms with Gasteiger partial charge in [-0.3, -0.25) is 4.68 Å².